The molecule has 0 saturated carbocycles. The van der Waals surface area contributed by atoms with Crippen LogP contribution in [0.1, 0.15) is 29.4 Å². The monoisotopic (exact) mass is 331 g/mol. The zero-order valence-corrected chi connectivity index (χ0v) is 13.8. The molecule has 8 heteroatoms. The van der Waals surface area contributed by atoms with Crippen LogP contribution in [0.3, 0.4) is 0 Å². The average Bonchev–Trinajstić information content (AvgIpc) is 3.12. The van der Waals surface area contributed by atoms with E-state index in [2.05, 4.69) is 20.9 Å². The molecular weight excluding hydrogens is 310 g/mol. The van der Waals surface area contributed by atoms with Crippen LogP contribution in [0, 0.1) is 0 Å². The second-order valence-corrected chi connectivity index (χ2v) is 5.62. The molecule has 0 radical (unpaired) electrons. The van der Waals surface area contributed by atoms with Gasteiger partial charge in [0.05, 0.1) is 26.5 Å². The first-order chi connectivity index (χ1) is 11.7. The number of methoxy groups -OCH3 is 2. The topological polar surface area (TPSA) is 90.3 Å². The Labute approximate surface area is 140 Å². The molecule has 24 heavy (non-hydrogen) atoms. The molecular formula is C16H21N5O3. The molecule has 1 aromatic heterocycles. The number of aromatic nitrogens is 3. The summed E-state index contributed by atoms with van der Waals surface area (Å²) in [6, 6.07) is 5.47. The summed E-state index contributed by atoms with van der Waals surface area (Å²) in [5.41, 5.74) is 0.864. The summed E-state index contributed by atoms with van der Waals surface area (Å²) in [7, 11) is 3.12. The Hall–Kier alpha value is -2.61. The van der Waals surface area contributed by atoms with Gasteiger partial charge in [0.1, 0.15) is 11.5 Å². The first-order valence-electron chi connectivity index (χ1n) is 7.86. The Morgan fingerprint density at radius 3 is 2.50 bits per heavy atom. The van der Waals surface area contributed by atoms with E-state index in [-0.39, 0.29) is 17.6 Å². The number of hydrogen-bond acceptors (Lipinski definition) is 6. The molecule has 128 valence electrons. The molecule has 3 rings (SSSR count). The van der Waals surface area contributed by atoms with Crippen LogP contribution in [0.25, 0.3) is 0 Å². The van der Waals surface area contributed by atoms with E-state index in [1.54, 1.807) is 43.3 Å². The van der Waals surface area contributed by atoms with Crippen LogP contribution >= 0.6 is 0 Å². The number of hydrogen-bond donors (Lipinski definition) is 2. The predicted molar refractivity (Wildman–Crippen MR) is 88.7 cm³/mol. The van der Waals surface area contributed by atoms with Gasteiger partial charge in [0.25, 0.3) is 5.91 Å². The third-order valence-electron chi connectivity index (χ3n) is 4.04. The molecule has 0 unspecified atom stereocenters. The Balaban J connectivity index is 1.72. The van der Waals surface area contributed by atoms with Gasteiger partial charge in [0.2, 0.25) is 0 Å². The number of amides is 1. The third-order valence-corrected chi connectivity index (χ3v) is 4.04. The molecule has 1 amide bonds. The van der Waals surface area contributed by atoms with E-state index in [9.17, 15) is 4.79 Å². The van der Waals surface area contributed by atoms with E-state index in [0.29, 0.717) is 17.2 Å². The van der Waals surface area contributed by atoms with E-state index < -0.39 is 0 Å². The summed E-state index contributed by atoms with van der Waals surface area (Å²) in [5, 5.41) is 14.2. The molecule has 2 aromatic rings. The lowest BCUT2D eigenvalue weighted by Gasteiger charge is -2.22. The molecule has 0 atom stereocenters. The van der Waals surface area contributed by atoms with Crippen molar-refractivity contribution in [2.45, 2.75) is 18.9 Å². The lowest BCUT2D eigenvalue weighted by molar-refractivity contribution is 0.102. The van der Waals surface area contributed by atoms with Crippen LogP contribution in [0.5, 0.6) is 11.5 Å². The minimum atomic E-state index is -0.314. The van der Waals surface area contributed by atoms with Crippen LogP contribution in [0.4, 0.5) is 5.69 Å². The van der Waals surface area contributed by atoms with Crippen LogP contribution in [-0.4, -0.2) is 48.2 Å². The molecule has 1 aliphatic rings. The molecule has 8 nitrogen and oxygen atoms in total. The number of anilines is 1. The number of benzene rings is 1. The Morgan fingerprint density at radius 2 is 1.88 bits per heavy atom. The van der Waals surface area contributed by atoms with Gasteiger partial charge in [-0.15, -0.1) is 5.10 Å². The molecule has 2 N–H and O–H groups in total. The molecule has 1 aromatic carbocycles. The fourth-order valence-corrected chi connectivity index (χ4v) is 2.71. The van der Waals surface area contributed by atoms with Crippen LogP contribution < -0.4 is 20.1 Å². The van der Waals surface area contributed by atoms with Crippen molar-refractivity contribution in [3.8, 4) is 11.5 Å². The Kier molecular flexibility index (Phi) is 4.95. The number of carbonyl (C=O) groups excluding carboxylic acids is 1. The van der Waals surface area contributed by atoms with E-state index in [1.807, 2.05) is 0 Å². The van der Waals surface area contributed by atoms with Gasteiger partial charge >= 0.3 is 0 Å². The van der Waals surface area contributed by atoms with Crippen LogP contribution in [-0.2, 0) is 0 Å². The summed E-state index contributed by atoms with van der Waals surface area (Å²) in [4.78, 5) is 12.4. The van der Waals surface area contributed by atoms with Crippen LogP contribution in [0.15, 0.2) is 24.4 Å². The highest BCUT2D eigenvalue weighted by atomic mass is 16.5. The summed E-state index contributed by atoms with van der Waals surface area (Å²) < 4.78 is 12.2. The predicted octanol–water partition coefficient (Wildman–Crippen LogP) is 1.47. The van der Waals surface area contributed by atoms with Gasteiger partial charge in [-0.25, -0.2) is 4.68 Å². The van der Waals surface area contributed by atoms with E-state index in [4.69, 9.17) is 9.47 Å². The van der Waals surface area contributed by atoms with Gasteiger partial charge in [-0.3, -0.25) is 4.79 Å². The lowest BCUT2D eigenvalue weighted by atomic mass is 10.1. The fourth-order valence-electron chi connectivity index (χ4n) is 2.71. The van der Waals surface area contributed by atoms with Crippen molar-refractivity contribution in [3.63, 3.8) is 0 Å². The fraction of sp³-hybridized carbons (Fsp3) is 0.438. The van der Waals surface area contributed by atoms with Gasteiger partial charge < -0.3 is 20.1 Å². The van der Waals surface area contributed by atoms with Gasteiger partial charge in [-0.05, 0) is 25.9 Å². The van der Waals surface area contributed by atoms with Gasteiger partial charge in [-0.1, -0.05) is 5.21 Å². The van der Waals surface area contributed by atoms with E-state index in [1.165, 1.54) is 0 Å². The van der Waals surface area contributed by atoms with Crippen LogP contribution in [0.2, 0.25) is 0 Å². The van der Waals surface area contributed by atoms with Crippen molar-refractivity contribution in [2.24, 2.45) is 0 Å². The molecule has 0 spiro atoms. The maximum absolute atomic E-state index is 12.4. The van der Waals surface area contributed by atoms with Gasteiger partial charge in [0.15, 0.2) is 5.69 Å². The second kappa shape index (κ2) is 7.31. The highest BCUT2D eigenvalue weighted by Crippen LogP contribution is 2.26. The normalized spacial score (nSPS) is 15.1. The maximum Gasteiger partial charge on any atom is 0.277 e. The molecule has 2 heterocycles. The van der Waals surface area contributed by atoms with E-state index >= 15 is 0 Å². The standard InChI is InChI=1S/C16H21N5O3/c1-23-13-7-11(8-14(9-13)24-2)18-16(22)15-10-21(20-19-15)12-3-5-17-6-4-12/h7-10,12,17H,3-6H2,1-2H3,(H,18,22). The smallest absolute Gasteiger partial charge is 0.277 e. The van der Waals surface area contributed by atoms with Crippen molar-refractivity contribution in [1.29, 1.82) is 0 Å². The zero-order valence-electron chi connectivity index (χ0n) is 13.8. The van der Waals surface area contributed by atoms with Crippen molar-refractivity contribution in [3.05, 3.63) is 30.1 Å². The average molecular weight is 331 g/mol. The number of nitrogens with zero attached hydrogens (tertiary/aromatic N) is 3. The van der Waals surface area contributed by atoms with Crippen molar-refractivity contribution in [1.82, 2.24) is 20.3 Å². The van der Waals surface area contributed by atoms with Crippen molar-refractivity contribution >= 4 is 11.6 Å². The van der Waals surface area contributed by atoms with Crippen molar-refractivity contribution in [2.75, 3.05) is 32.6 Å². The van der Waals surface area contributed by atoms with Gasteiger partial charge in [-0.2, -0.15) is 0 Å². The number of carbonyl (C=O) groups is 1. The zero-order chi connectivity index (χ0) is 16.9. The maximum atomic E-state index is 12.4. The number of piperidine rings is 1. The number of rotatable bonds is 5. The summed E-state index contributed by atoms with van der Waals surface area (Å²) in [6.45, 7) is 1.91. The molecule has 1 fully saturated rings. The third kappa shape index (κ3) is 3.65. The Morgan fingerprint density at radius 1 is 1.21 bits per heavy atom. The minimum Gasteiger partial charge on any atom is -0.497 e. The molecule has 0 bridgehead atoms. The summed E-state index contributed by atoms with van der Waals surface area (Å²) in [5.74, 6) is 0.886. The first-order valence-corrected chi connectivity index (χ1v) is 7.86. The molecule has 1 aliphatic heterocycles. The number of nitrogens with one attached hydrogen (secondary N) is 2. The summed E-state index contributed by atoms with van der Waals surface area (Å²) >= 11 is 0. The highest BCUT2D eigenvalue weighted by Gasteiger charge is 2.19. The van der Waals surface area contributed by atoms with Crippen molar-refractivity contribution < 1.29 is 14.3 Å². The largest absolute Gasteiger partial charge is 0.497 e. The SMILES string of the molecule is COc1cc(NC(=O)c2cn(C3CCNCC3)nn2)cc(OC)c1. The van der Waals surface area contributed by atoms with Gasteiger partial charge in [0, 0.05) is 23.9 Å². The van der Waals surface area contributed by atoms with E-state index in [0.717, 1.165) is 25.9 Å². The highest BCUT2D eigenvalue weighted by molar-refractivity contribution is 6.02. The molecule has 0 aliphatic carbocycles. The minimum absolute atomic E-state index is 0.287. The molecule has 1 saturated heterocycles. The first kappa shape index (κ1) is 16.3. The number of ether oxygens (including phenoxy) is 2. The summed E-state index contributed by atoms with van der Waals surface area (Å²) in [6.07, 6.45) is 3.66. The quantitative estimate of drug-likeness (QED) is 0.862. The lowest BCUT2D eigenvalue weighted by Crippen LogP contribution is -2.29. The second-order valence-electron chi connectivity index (χ2n) is 5.62. The Bertz CT molecular complexity index is 687.